The molecule has 0 fully saturated rings. The van der Waals surface area contributed by atoms with Crippen LogP contribution in [0.2, 0.25) is 5.02 Å². The maximum absolute atomic E-state index is 10.2. The number of pyridine rings is 1. The maximum Gasteiger partial charge on any atom is 0.133 e. The lowest BCUT2D eigenvalue weighted by Crippen LogP contribution is -2.05. The molecular weight excluding hydrogens is 330 g/mol. The molecule has 0 spiro atoms. The third kappa shape index (κ3) is 3.47. The molecule has 1 aromatic carbocycles. The first-order valence-corrected chi connectivity index (χ1v) is 6.90. The van der Waals surface area contributed by atoms with Crippen molar-refractivity contribution >= 4 is 27.5 Å². The van der Waals surface area contributed by atoms with Crippen LogP contribution in [-0.4, -0.2) is 17.2 Å². The van der Waals surface area contributed by atoms with Crippen molar-refractivity contribution in [2.45, 2.75) is 12.5 Å². The topological polar surface area (TPSA) is 42.4 Å². The Hall–Kier alpha value is -1.10. The van der Waals surface area contributed by atoms with Gasteiger partial charge < -0.3 is 9.84 Å². The molecule has 1 unspecified atom stereocenters. The number of nitrogens with zero attached hydrogens (tertiary/aromatic N) is 1. The van der Waals surface area contributed by atoms with E-state index < -0.39 is 6.10 Å². The second-order valence-corrected chi connectivity index (χ2v) is 5.32. The fraction of sp³-hybridized carbons (Fsp3) is 0.214. The number of ether oxygens (including phenoxy) is 1. The first-order valence-electron chi connectivity index (χ1n) is 5.72. The number of aromatic nitrogens is 1. The first-order chi connectivity index (χ1) is 9.11. The standard InChI is InChI=1S/C14H13BrClNO2/c1-19-13-5-4-9(7-10(13)15)8-12(18)14-11(16)3-2-6-17-14/h2-7,12,18H,8H2,1H3. The summed E-state index contributed by atoms with van der Waals surface area (Å²) in [4.78, 5) is 4.11. The Balaban J connectivity index is 2.17. The average Bonchev–Trinajstić information content (AvgIpc) is 2.39. The lowest BCUT2D eigenvalue weighted by molar-refractivity contribution is 0.173. The molecule has 1 atom stereocenters. The van der Waals surface area contributed by atoms with Crippen LogP contribution >= 0.6 is 27.5 Å². The molecule has 2 aromatic rings. The fourth-order valence-corrected chi connectivity index (χ4v) is 2.64. The summed E-state index contributed by atoms with van der Waals surface area (Å²) in [6, 6.07) is 9.13. The molecule has 0 bridgehead atoms. The minimum absolute atomic E-state index is 0.444. The highest BCUT2D eigenvalue weighted by molar-refractivity contribution is 9.10. The highest BCUT2D eigenvalue weighted by atomic mass is 79.9. The van der Waals surface area contributed by atoms with E-state index in [1.807, 2.05) is 18.2 Å². The summed E-state index contributed by atoms with van der Waals surface area (Å²) in [6.07, 6.45) is 1.34. The molecule has 100 valence electrons. The van der Waals surface area contributed by atoms with Crippen LogP contribution in [0.25, 0.3) is 0 Å². The Labute approximate surface area is 125 Å². The largest absolute Gasteiger partial charge is 0.496 e. The molecule has 0 amide bonds. The van der Waals surface area contributed by atoms with Crippen LogP contribution in [-0.2, 0) is 6.42 Å². The molecule has 0 aliphatic heterocycles. The summed E-state index contributed by atoms with van der Waals surface area (Å²) in [5.74, 6) is 0.758. The number of aliphatic hydroxyl groups excluding tert-OH is 1. The molecule has 3 nitrogen and oxygen atoms in total. The van der Waals surface area contributed by atoms with Crippen molar-refractivity contribution in [1.29, 1.82) is 0 Å². The number of hydrogen-bond acceptors (Lipinski definition) is 3. The van der Waals surface area contributed by atoms with Crippen molar-refractivity contribution in [3.63, 3.8) is 0 Å². The van der Waals surface area contributed by atoms with Crippen LogP contribution in [0.15, 0.2) is 41.0 Å². The van der Waals surface area contributed by atoms with Crippen molar-refractivity contribution < 1.29 is 9.84 Å². The van der Waals surface area contributed by atoms with Crippen molar-refractivity contribution in [3.8, 4) is 5.75 Å². The molecule has 1 heterocycles. The van der Waals surface area contributed by atoms with Crippen LogP contribution in [0.5, 0.6) is 5.75 Å². The maximum atomic E-state index is 10.2. The Kier molecular flexibility index (Phi) is 4.80. The Morgan fingerprint density at radius 3 is 2.84 bits per heavy atom. The highest BCUT2D eigenvalue weighted by Crippen LogP contribution is 2.28. The lowest BCUT2D eigenvalue weighted by atomic mass is 10.1. The second kappa shape index (κ2) is 6.37. The summed E-state index contributed by atoms with van der Waals surface area (Å²) in [6.45, 7) is 0. The van der Waals surface area contributed by atoms with Crippen molar-refractivity contribution in [2.24, 2.45) is 0 Å². The SMILES string of the molecule is COc1ccc(CC(O)c2ncccc2Cl)cc1Br. The van der Waals surface area contributed by atoms with Crippen molar-refractivity contribution in [2.75, 3.05) is 7.11 Å². The molecule has 1 aromatic heterocycles. The zero-order chi connectivity index (χ0) is 13.8. The second-order valence-electron chi connectivity index (χ2n) is 4.06. The van der Waals surface area contributed by atoms with Gasteiger partial charge in [-0.3, -0.25) is 4.98 Å². The van der Waals surface area contributed by atoms with Gasteiger partial charge >= 0.3 is 0 Å². The van der Waals surface area contributed by atoms with Gasteiger partial charge in [0.05, 0.1) is 22.3 Å². The Bertz CT molecular complexity index is 577. The van der Waals surface area contributed by atoms with Gasteiger partial charge in [-0.1, -0.05) is 17.7 Å². The zero-order valence-corrected chi connectivity index (χ0v) is 12.6. The normalized spacial score (nSPS) is 12.2. The first kappa shape index (κ1) is 14.3. The number of methoxy groups -OCH3 is 1. The molecule has 2 rings (SSSR count). The lowest BCUT2D eigenvalue weighted by Gasteiger charge is -2.12. The predicted molar refractivity (Wildman–Crippen MR) is 78.6 cm³/mol. The van der Waals surface area contributed by atoms with Crippen molar-refractivity contribution in [1.82, 2.24) is 4.98 Å². The van der Waals surface area contributed by atoms with Gasteiger partial charge in [0.2, 0.25) is 0 Å². The molecule has 0 radical (unpaired) electrons. The molecule has 1 N–H and O–H groups in total. The Morgan fingerprint density at radius 1 is 1.42 bits per heavy atom. The van der Waals surface area contributed by atoms with Crippen molar-refractivity contribution in [3.05, 3.63) is 57.3 Å². The van der Waals surface area contributed by atoms with E-state index in [9.17, 15) is 5.11 Å². The summed E-state index contributed by atoms with van der Waals surface area (Å²) in [5, 5.41) is 10.7. The summed E-state index contributed by atoms with van der Waals surface area (Å²) in [7, 11) is 1.61. The number of benzene rings is 1. The van der Waals surface area contributed by atoms with E-state index in [2.05, 4.69) is 20.9 Å². The van der Waals surface area contributed by atoms with Gasteiger partial charge in [-0.15, -0.1) is 0 Å². The zero-order valence-electron chi connectivity index (χ0n) is 10.3. The molecule has 0 saturated heterocycles. The fourth-order valence-electron chi connectivity index (χ4n) is 1.80. The number of aliphatic hydroxyl groups is 1. The van der Waals surface area contributed by atoms with E-state index in [1.165, 1.54) is 0 Å². The number of hydrogen-bond donors (Lipinski definition) is 1. The quantitative estimate of drug-likeness (QED) is 0.919. The molecule has 0 aliphatic carbocycles. The summed E-state index contributed by atoms with van der Waals surface area (Å²) >= 11 is 9.43. The molecule has 19 heavy (non-hydrogen) atoms. The van der Waals surface area contributed by atoms with Crippen LogP contribution in [0.3, 0.4) is 0 Å². The van der Waals surface area contributed by atoms with E-state index in [4.69, 9.17) is 16.3 Å². The third-order valence-corrected chi connectivity index (χ3v) is 3.69. The van der Waals surface area contributed by atoms with Gasteiger partial charge in [0.25, 0.3) is 0 Å². The van der Waals surface area contributed by atoms with Crippen LogP contribution < -0.4 is 4.74 Å². The monoisotopic (exact) mass is 341 g/mol. The minimum Gasteiger partial charge on any atom is -0.496 e. The van der Waals surface area contributed by atoms with Gasteiger partial charge in [-0.25, -0.2) is 0 Å². The van der Waals surface area contributed by atoms with Gasteiger partial charge in [-0.05, 0) is 45.8 Å². The average molecular weight is 343 g/mol. The number of halogens is 2. The van der Waals surface area contributed by atoms with E-state index in [0.717, 1.165) is 15.8 Å². The van der Waals surface area contributed by atoms with Gasteiger partial charge in [0, 0.05) is 12.6 Å². The predicted octanol–water partition coefficient (Wildman–Crippen LogP) is 3.78. The highest BCUT2D eigenvalue weighted by Gasteiger charge is 2.14. The Morgan fingerprint density at radius 2 is 2.21 bits per heavy atom. The van der Waals surface area contributed by atoms with Gasteiger partial charge in [-0.2, -0.15) is 0 Å². The van der Waals surface area contributed by atoms with E-state index in [0.29, 0.717) is 17.1 Å². The van der Waals surface area contributed by atoms with Crippen LogP contribution in [0.1, 0.15) is 17.4 Å². The van der Waals surface area contributed by atoms with Crippen LogP contribution in [0, 0.1) is 0 Å². The van der Waals surface area contributed by atoms with Gasteiger partial charge in [0.15, 0.2) is 0 Å². The smallest absolute Gasteiger partial charge is 0.133 e. The third-order valence-electron chi connectivity index (χ3n) is 2.75. The summed E-state index contributed by atoms with van der Waals surface area (Å²) in [5.41, 5.74) is 1.47. The molecular formula is C14H13BrClNO2. The molecule has 0 aliphatic rings. The minimum atomic E-state index is -0.728. The van der Waals surface area contributed by atoms with Gasteiger partial charge in [0.1, 0.15) is 11.9 Å². The van der Waals surface area contributed by atoms with E-state index >= 15 is 0 Å². The van der Waals surface area contributed by atoms with E-state index in [1.54, 1.807) is 25.4 Å². The molecule has 0 saturated carbocycles. The summed E-state index contributed by atoms with van der Waals surface area (Å²) < 4.78 is 6.02. The number of rotatable bonds is 4. The van der Waals surface area contributed by atoms with E-state index in [-0.39, 0.29) is 0 Å². The van der Waals surface area contributed by atoms with Crippen LogP contribution in [0.4, 0.5) is 0 Å². The molecule has 5 heteroatoms.